The van der Waals surface area contributed by atoms with Gasteiger partial charge >= 0.3 is 0 Å². The highest BCUT2D eigenvalue weighted by molar-refractivity contribution is 4.97. The average molecular weight is 519 g/mol. The maximum Gasteiger partial charge on any atom is 0.101 e. The molecule has 37 heavy (non-hydrogen) atoms. The van der Waals surface area contributed by atoms with E-state index in [2.05, 4.69) is 43.0 Å². The quantitative estimate of drug-likeness (QED) is 0.0908. The summed E-state index contributed by atoms with van der Waals surface area (Å²) in [6, 6.07) is 0. The lowest BCUT2D eigenvalue weighted by molar-refractivity contribution is 0.135. The molecule has 1 rings (SSSR count). The zero-order valence-electron chi connectivity index (χ0n) is 26.1. The molecule has 0 saturated carbocycles. The SMILES string of the molecule is CCCCCCCCCCCCCCCCN1C=CN(CCCCCCCCCCC)C1CCCCC. The van der Waals surface area contributed by atoms with Crippen LogP contribution in [0.25, 0.3) is 0 Å². The van der Waals surface area contributed by atoms with Gasteiger partial charge in [-0.15, -0.1) is 0 Å². The van der Waals surface area contributed by atoms with Gasteiger partial charge in [0.1, 0.15) is 6.17 Å². The molecule has 0 saturated heterocycles. The third-order valence-corrected chi connectivity index (χ3v) is 8.57. The summed E-state index contributed by atoms with van der Waals surface area (Å²) in [6.07, 6.45) is 44.0. The molecule has 0 aromatic carbocycles. The molecule has 2 nitrogen and oxygen atoms in total. The fourth-order valence-corrected chi connectivity index (χ4v) is 6.01. The Morgan fingerprint density at radius 2 is 0.622 bits per heavy atom. The molecule has 1 atom stereocenters. The smallest absolute Gasteiger partial charge is 0.101 e. The lowest BCUT2D eigenvalue weighted by Gasteiger charge is -2.33. The van der Waals surface area contributed by atoms with Crippen molar-refractivity contribution >= 4 is 0 Å². The second-order valence-corrected chi connectivity index (χ2v) is 12.2. The monoisotopic (exact) mass is 519 g/mol. The second kappa shape index (κ2) is 26.9. The largest absolute Gasteiger partial charge is 0.356 e. The van der Waals surface area contributed by atoms with Crippen molar-refractivity contribution < 1.29 is 0 Å². The molecule has 0 N–H and O–H groups in total. The normalized spacial score (nSPS) is 15.4. The molecule has 1 unspecified atom stereocenters. The first-order valence-electron chi connectivity index (χ1n) is 17.5. The highest BCUT2D eigenvalue weighted by Crippen LogP contribution is 2.23. The Bertz CT molecular complexity index is 474. The first-order valence-corrected chi connectivity index (χ1v) is 17.5. The third-order valence-electron chi connectivity index (χ3n) is 8.57. The molecule has 0 amide bonds. The molecular weight excluding hydrogens is 448 g/mol. The molecule has 0 aromatic heterocycles. The Balaban J connectivity index is 2.07. The molecule has 1 aliphatic heterocycles. The van der Waals surface area contributed by atoms with Crippen LogP contribution >= 0.6 is 0 Å². The third kappa shape index (κ3) is 20.0. The predicted molar refractivity (Wildman–Crippen MR) is 168 cm³/mol. The van der Waals surface area contributed by atoms with Gasteiger partial charge < -0.3 is 9.80 Å². The Kier molecular flexibility index (Phi) is 25.0. The van der Waals surface area contributed by atoms with E-state index in [4.69, 9.17) is 0 Å². The molecule has 0 bridgehead atoms. The fourth-order valence-electron chi connectivity index (χ4n) is 6.01. The molecule has 0 spiro atoms. The van der Waals surface area contributed by atoms with Crippen LogP contribution in [0.15, 0.2) is 12.4 Å². The van der Waals surface area contributed by atoms with Gasteiger partial charge in [-0.1, -0.05) is 168 Å². The Labute approximate surface area is 235 Å². The van der Waals surface area contributed by atoms with Crippen LogP contribution in [0.5, 0.6) is 0 Å². The van der Waals surface area contributed by atoms with Crippen molar-refractivity contribution in [3.63, 3.8) is 0 Å². The Morgan fingerprint density at radius 3 is 0.946 bits per heavy atom. The van der Waals surface area contributed by atoms with E-state index in [0.717, 1.165) is 0 Å². The molecule has 0 aromatic rings. The minimum atomic E-state index is 0.641. The highest BCUT2D eigenvalue weighted by Gasteiger charge is 2.24. The van der Waals surface area contributed by atoms with E-state index in [1.54, 1.807) is 0 Å². The van der Waals surface area contributed by atoms with Crippen molar-refractivity contribution in [1.82, 2.24) is 9.80 Å². The summed E-state index contributed by atoms with van der Waals surface area (Å²) < 4.78 is 0. The van der Waals surface area contributed by atoms with Crippen molar-refractivity contribution in [1.29, 1.82) is 0 Å². The summed E-state index contributed by atoms with van der Waals surface area (Å²) >= 11 is 0. The average Bonchev–Trinajstić information content (AvgIpc) is 3.29. The summed E-state index contributed by atoms with van der Waals surface area (Å²) in [4.78, 5) is 5.37. The van der Waals surface area contributed by atoms with Gasteiger partial charge in [0.15, 0.2) is 0 Å². The van der Waals surface area contributed by atoms with Gasteiger partial charge in [-0.3, -0.25) is 0 Å². The number of unbranched alkanes of at least 4 members (excludes halogenated alkanes) is 23. The molecule has 0 radical (unpaired) electrons. The van der Waals surface area contributed by atoms with Crippen molar-refractivity contribution in [2.75, 3.05) is 13.1 Å². The minimum Gasteiger partial charge on any atom is -0.356 e. The Hall–Kier alpha value is -0.660. The fraction of sp³-hybridized carbons (Fsp3) is 0.943. The predicted octanol–water partition coefficient (Wildman–Crippen LogP) is 12.0. The molecular formula is C35H70N2. The van der Waals surface area contributed by atoms with Crippen LogP contribution in [0.3, 0.4) is 0 Å². The van der Waals surface area contributed by atoms with Crippen LogP contribution < -0.4 is 0 Å². The zero-order valence-corrected chi connectivity index (χ0v) is 26.1. The van der Waals surface area contributed by atoms with Crippen LogP contribution in [-0.4, -0.2) is 29.1 Å². The number of hydrogen-bond acceptors (Lipinski definition) is 2. The van der Waals surface area contributed by atoms with E-state index >= 15 is 0 Å². The molecule has 2 heteroatoms. The van der Waals surface area contributed by atoms with Crippen LogP contribution in [0, 0.1) is 0 Å². The second-order valence-electron chi connectivity index (χ2n) is 12.2. The van der Waals surface area contributed by atoms with Crippen molar-refractivity contribution in [3.05, 3.63) is 12.4 Å². The van der Waals surface area contributed by atoms with Crippen LogP contribution in [-0.2, 0) is 0 Å². The van der Waals surface area contributed by atoms with E-state index in [0.29, 0.717) is 6.17 Å². The summed E-state index contributed by atoms with van der Waals surface area (Å²) in [6.45, 7) is 9.48. The standard InChI is InChI=1S/C35H70N2/c1-4-7-10-12-14-16-17-18-19-20-22-24-26-29-32-37-34-33-36(35(37)30-27-9-6-3)31-28-25-23-21-15-13-11-8-5-2/h33-35H,4-32H2,1-3H3. The molecule has 1 heterocycles. The van der Waals surface area contributed by atoms with E-state index in [9.17, 15) is 0 Å². The first kappa shape index (κ1) is 34.4. The van der Waals surface area contributed by atoms with Crippen LogP contribution in [0.1, 0.15) is 194 Å². The molecule has 0 aliphatic carbocycles. The van der Waals surface area contributed by atoms with Crippen LogP contribution in [0.2, 0.25) is 0 Å². The summed E-state index contributed by atoms with van der Waals surface area (Å²) in [5, 5.41) is 0. The van der Waals surface area contributed by atoms with Gasteiger partial charge in [0, 0.05) is 25.5 Å². The van der Waals surface area contributed by atoms with Crippen molar-refractivity contribution in [3.8, 4) is 0 Å². The summed E-state index contributed by atoms with van der Waals surface area (Å²) in [5.74, 6) is 0. The lowest BCUT2D eigenvalue weighted by atomic mass is 10.0. The van der Waals surface area contributed by atoms with Crippen molar-refractivity contribution in [2.45, 2.75) is 200 Å². The number of rotatable bonds is 29. The summed E-state index contributed by atoms with van der Waals surface area (Å²) in [7, 11) is 0. The maximum atomic E-state index is 2.68. The van der Waals surface area contributed by atoms with E-state index in [-0.39, 0.29) is 0 Å². The summed E-state index contributed by atoms with van der Waals surface area (Å²) in [5.41, 5.74) is 0. The highest BCUT2D eigenvalue weighted by atomic mass is 15.4. The number of nitrogens with zero attached hydrogens (tertiary/aromatic N) is 2. The molecule has 1 aliphatic rings. The molecule has 0 fully saturated rings. The maximum absolute atomic E-state index is 2.68. The van der Waals surface area contributed by atoms with Gasteiger partial charge in [0.2, 0.25) is 0 Å². The van der Waals surface area contributed by atoms with Crippen molar-refractivity contribution in [2.24, 2.45) is 0 Å². The lowest BCUT2D eigenvalue weighted by Crippen LogP contribution is -2.39. The molecule has 220 valence electrons. The van der Waals surface area contributed by atoms with Gasteiger partial charge in [-0.05, 0) is 25.7 Å². The minimum absolute atomic E-state index is 0.641. The van der Waals surface area contributed by atoms with Gasteiger partial charge in [-0.25, -0.2) is 0 Å². The van der Waals surface area contributed by atoms with E-state index < -0.39 is 0 Å². The van der Waals surface area contributed by atoms with Gasteiger partial charge in [-0.2, -0.15) is 0 Å². The Morgan fingerprint density at radius 1 is 0.351 bits per heavy atom. The van der Waals surface area contributed by atoms with Gasteiger partial charge in [0.05, 0.1) is 0 Å². The topological polar surface area (TPSA) is 6.48 Å². The zero-order chi connectivity index (χ0) is 26.7. The van der Waals surface area contributed by atoms with Crippen LogP contribution in [0.4, 0.5) is 0 Å². The number of hydrogen-bond donors (Lipinski definition) is 0. The van der Waals surface area contributed by atoms with Gasteiger partial charge in [0.25, 0.3) is 0 Å². The first-order chi connectivity index (χ1) is 18.3. The van der Waals surface area contributed by atoms with E-state index in [1.165, 1.54) is 186 Å². The van der Waals surface area contributed by atoms with E-state index in [1.807, 2.05) is 0 Å².